The smallest absolute Gasteiger partial charge is 0.391 e. The molecule has 1 rings (SSSR count). The molecule has 0 unspecified atom stereocenters. The van der Waals surface area contributed by atoms with Gasteiger partial charge in [-0.25, -0.2) is 0 Å². The monoisotopic (exact) mass is 194 g/mol. The summed E-state index contributed by atoms with van der Waals surface area (Å²) in [6.45, 7) is 1.55. The van der Waals surface area contributed by atoms with Crippen LogP contribution in [0.5, 0.6) is 0 Å². The number of hydrogen-bond donors (Lipinski definition) is 1. The molecule has 0 radical (unpaired) electrons. The molecule has 6 heteroatoms. The minimum Gasteiger partial charge on any atom is -0.391 e. The number of aromatic nitrogens is 2. The van der Waals surface area contributed by atoms with Gasteiger partial charge in [0, 0.05) is 6.20 Å². The van der Waals surface area contributed by atoms with E-state index in [1.165, 1.54) is 6.92 Å². The van der Waals surface area contributed by atoms with Gasteiger partial charge < -0.3 is 5.11 Å². The van der Waals surface area contributed by atoms with Crippen LogP contribution in [0.1, 0.15) is 12.5 Å². The van der Waals surface area contributed by atoms with Crippen LogP contribution in [-0.2, 0) is 12.7 Å². The van der Waals surface area contributed by atoms with Gasteiger partial charge in [0.25, 0.3) is 0 Å². The van der Waals surface area contributed by atoms with Crippen molar-refractivity contribution in [2.24, 2.45) is 0 Å². The standard InChI is InChI=1S/C7H9F3N2O/c1-5(13)3-12-4-6(2-11-12)7(8,9)10/h2,4-5,13H,3H2,1H3/t5-/m0/s1. The molecule has 0 fully saturated rings. The fraction of sp³-hybridized carbons (Fsp3) is 0.571. The topological polar surface area (TPSA) is 38.0 Å². The van der Waals surface area contributed by atoms with Crippen molar-refractivity contribution in [3.8, 4) is 0 Å². The van der Waals surface area contributed by atoms with Crippen molar-refractivity contribution in [2.75, 3.05) is 0 Å². The Morgan fingerprint density at radius 2 is 2.23 bits per heavy atom. The van der Waals surface area contributed by atoms with Gasteiger partial charge in [-0.05, 0) is 6.92 Å². The second-order valence-corrected chi connectivity index (χ2v) is 2.80. The number of alkyl halides is 3. The van der Waals surface area contributed by atoms with Crippen LogP contribution < -0.4 is 0 Å². The highest BCUT2D eigenvalue weighted by Crippen LogP contribution is 2.28. The summed E-state index contributed by atoms with van der Waals surface area (Å²) in [5.41, 5.74) is -0.798. The van der Waals surface area contributed by atoms with Crippen LogP contribution in [0.4, 0.5) is 13.2 Å². The molecular weight excluding hydrogens is 185 g/mol. The van der Waals surface area contributed by atoms with Crippen LogP contribution in [-0.4, -0.2) is 21.0 Å². The average molecular weight is 194 g/mol. The fourth-order valence-corrected chi connectivity index (χ4v) is 0.881. The quantitative estimate of drug-likeness (QED) is 0.770. The highest BCUT2D eigenvalue weighted by Gasteiger charge is 2.32. The Balaban J connectivity index is 2.75. The molecule has 13 heavy (non-hydrogen) atoms. The largest absolute Gasteiger partial charge is 0.419 e. The van der Waals surface area contributed by atoms with E-state index < -0.39 is 17.8 Å². The summed E-state index contributed by atoms with van der Waals surface area (Å²) in [7, 11) is 0. The number of rotatable bonds is 2. The predicted molar refractivity (Wildman–Crippen MR) is 38.9 cm³/mol. The normalized spacial score (nSPS) is 14.5. The van der Waals surface area contributed by atoms with Gasteiger partial charge in [0.05, 0.1) is 24.4 Å². The SMILES string of the molecule is C[C@H](O)Cn1cc(C(F)(F)F)cn1. The molecule has 3 nitrogen and oxygen atoms in total. The van der Waals surface area contributed by atoms with E-state index in [9.17, 15) is 13.2 Å². The first kappa shape index (κ1) is 10.0. The molecule has 0 spiro atoms. The van der Waals surface area contributed by atoms with Crippen molar-refractivity contribution in [1.82, 2.24) is 9.78 Å². The van der Waals surface area contributed by atoms with Crippen molar-refractivity contribution in [1.29, 1.82) is 0 Å². The summed E-state index contributed by atoms with van der Waals surface area (Å²) in [6.07, 6.45) is -3.47. The van der Waals surface area contributed by atoms with Crippen molar-refractivity contribution in [3.63, 3.8) is 0 Å². The summed E-state index contributed by atoms with van der Waals surface area (Å²) >= 11 is 0. The van der Waals surface area contributed by atoms with Gasteiger partial charge in [-0.2, -0.15) is 18.3 Å². The summed E-state index contributed by atoms with van der Waals surface area (Å²) in [6, 6.07) is 0. The lowest BCUT2D eigenvalue weighted by atomic mass is 10.3. The first-order valence-electron chi connectivity index (χ1n) is 3.67. The maximum absolute atomic E-state index is 12.0. The van der Waals surface area contributed by atoms with Crippen molar-refractivity contribution in [2.45, 2.75) is 25.7 Å². The van der Waals surface area contributed by atoms with Crippen LogP contribution in [0.15, 0.2) is 12.4 Å². The number of aliphatic hydroxyl groups is 1. The molecule has 1 aromatic heterocycles. The molecule has 0 aliphatic carbocycles. The summed E-state index contributed by atoms with van der Waals surface area (Å²) < 4.78 is 37.1. The Morgan fingerprint density at radius 3 is 2.62 bits per heavy atom. The van der Waals surface area contributed by atoms with E-state index in [0.29, 0.717) is 0 Å². The lowest BCUT2D eigenvalue weighted by molar-refractivity contribution is -0.137. The van der Waals surface area contributed by atoms with Gasteiger partial charge in [0.15, 0.2) is 0 Å². The summed E-state index contributed by atoms with van der Waals surface area (Å²) in [5.74, 6) is 0. The second-order valence-electron chi connectivity index (χ2n) is 2.80. The Kier molecular flexibility index (Phi) is 2.60. The third kappa shape index (κ3) is 2.73. The van der Waals surface area contributed by atoms with Crippen LogP contribution >= 0.6 is 0 Å². The van der Waals surface area contributed by atoms with Crippen molar-refractivity contribution < 1.29 is 18.3 Å². The molecule has 74 valence electrons. The molecule has 0 saturated carbocycles. The number of halogens is 3. The Hall–Kier alpha value is -1.04. The predicted octanol–water partition coefficient (Wildman–Crippen LogP) is 1.28. The molecule has 0 bridgehead atoms. The van der Waals surface area contributed by atoms with Gasteiger partial charge in [-0.3, -0.25) is 4.68 Å². The fourth-order valence-electron chi connectivity index (χ4n) is 0.881. The van der Waals surface area contributed by atoms with E-state index in [0.717, 1.165) is 17.1 Å². The second kappa shape index (κ2) is 3.37. The zero-order valence-corrected chi connectivity index (χ0v) is 6.91. The van der Waals surface area contributed by atoms with Gasteiger partial charge in [0.2, 0.25) is 0 Å². The Labute approximate surface area is 72.8 Å². The minimum atomic E-state index is -4.36. The molecule has 1 heterocycles. The number of aliphatic hydroxyl groups excluding tert-OH is 1. The summed E-state index contributed by atoms with van der Waals surface area (Å²) in [5, 5.41) is 12.3. The average Bonchev–Trinajstić information content (AvgIpc) is 2.32. The molecule has 0 saturated heterocycles. The van der Waals surface area contributed by atoms with Gasteiger partial charge in [-0.1, -0.05) is 0 Å². The van der Waals surface area contributed by atoms with Crippen molar-refractivity contribution >= 4 is 0 Å². The highest BCUT2D eigenvalue weighted by atomic mass is 19.4. The van der Waals surface area contributed by atoms with E-state index in [1.54, 1.807) is 0 Å². The molecule has 1 aromatic rings. The zero-order chi connectivity index (χ0) is 10.1. The lowest BCUT2D eigenvalue weighted by Crippen LogP contribution is -2.12. The number of hydrogen-bond acceptors (Lipinski definition) is 2. The van der Waals surface area contributed by atoms with Gasteiger partial charge >= 0.3 is 6.18 Å². The Morgan fingerprint density at radius 1 is 1.62 bits per heavy atom. The molecule has 0 aromatic carbocycles. The molecule has 0 aliphatic heterocycles. The molecule has 0 aliphatic rings. The van der Waals surface area contributed by atoms with E-state index in [4.69, 9.17) is 5.11 Å². The maximum Gasteiger partial charge on any atom is 0.419 e. The summed E-state index contributed by atoms with van der Waals surface area (Å²) in [4.78, 5) is 0. The van der Waals surface area contributed by atoms with Crippen LogP contribution in [0, 0.1) is 0 Å². The number of nitrogens with zero attached hydrogens (tertiary/aromatic N) is 2. The van der Waals surface area contributed by atoms with Crippen LogP contribution in [0.25, 0.3) is 0 Å². The van der Waals surface area contributed by atoms with E-state index in [2.05, 4.69) is 5.10 Å². The maximum atomic E-state index is 12.0. The van der Waals surface area contributed by atoms with E-state index in [1.807, 2.05) is 0 Å². The van der Waals surface area contributed by atoms with E-state index in [-0.39, 0.29) is 6.54 Å². The lowest BCUT2D eigenvalue weighted by Gasteiger charge is -2.03. The first-order valence-corrected chi connectivity index (χ1v) is 3.67. The van der Waals surface area contributed by atoms with Crippen LogP contribution in [0.2, 0.25) is 0 Å². The van der Waals surface area contributed by atoms with Crippen LogP contribution in [0.3, 0.4) is 0 Å². The van der Waals surface area contributed by atoms with Gasteiger partial charge in [0.1, 0.15) is 0 Å². The molecule has 0 amide bonds. The Bertz CT molecular complexity index is 280. The third-order valence-corrected chi connectivity index (χ3v) is 1.41. The first-order chi connectivity index (χ1) is 5.89. The molecule has 1 N–H and O–H groups in total. The minimum absolute atomic E-state index is 0.0656. The van der Waals surface area contributed by atoms with Crippen molar-refractivity contribution in [3.05, 3.63) is 18.0 Å². The zero-order valence-electron chi connectivity index (χ0n) is 6.91. The molecular formula is C7H9F3N2O. The third-order valence-electron chi connectivity index (χ3n) is 1.41. The molecule has 1 atom stereocenters. The highest BCUT2D eigenvalue weighted by molar-refractivity contribution is 5.08. The van der Waals surface area contributed by atoms with Gasteiger partial charge in [-0.15, -0.1) is 0 Å². The van der Waals surface area contributed by atoms with E-state index >= 15 is 0 Å².